The third kappa shape index (κ3) is 3.59. The van der Waals surface area contributed by atoms with E-state index >= 15 is 0 Å². The fourth-order valence-corrected chi connectivity index (χ4v) is 4.64. The molecule has 0 saturated carbocycles. The molecule has 3 rings (SSSR count). The lowest BCUT2D eigenvalue weighted by Gasteiger charge is -2.24. The highest BCUT2D eigenvalue weighted by atomic mass is 32.2. The molecule has 1 fully saturated rings. The fraction of sp³-hybridized carbons (Fsp3) is 0.400. The highest BCUT2D eigenvalue weighted by Crippen LogP contribution is 2.27. The molecule has 2 aromatic rings. The molecule has 1 atom stereocenters. The molecule has 1 aliphatic heterocycles. The third-order valence-electron chi connectivity index (χ3n) is 3.97. The summed E-state index contributed by atoms with van der Waals surface area (Å²) in [5.74, 6) is -1.31. The van der Waals surface area contributed by atoms with Gasteiger partial charge in [0.2, 0.25) is 10.0 Å². The van der Waals surface area contributed by atoms with E-state index in [4.69, 9.17) is 0 Å². The van der Waals surface area contributed by atoms with Gasteiger partial charge in [0.25, 0.3) is 0 Å². The molecule has 0 bridgehead atoms. The Balaban J connectivity index is 1.78. The number of aromatic nitrogens is 1. The molecule has 8 heteroatoms. The minimum absolute atomic E-state index is 0.154. The molecule has 0 N–H and O–H groups in total. The first-order chi connectivity index (χ1) is 11.0. The van der Waals surface area contributed by atoms with Crippen LogP contribution in [-0.4, -0.2) is 30.5 Å². The molecule has 1 saturated heterocycles. The molecule has 0 amide bonds. The molecule has 2 heterocycles. The van der Waals surface area contributed by atoms with Crippen molar-refractivity contribution in [1.82, 2.24) is 9.46 Å². The second-order valence-electron chi connectivity index (χ2n) is 5.59. The zero-order chi connectivity index (χ0) is 16.4. The first kappa shape index (κ1) is 16.1. The van der Waals surface area contributed by atoms with Crippen LogP contribution in [0.15, 0.2) is 35.1 Å². The Morgan fingerprint density at radius 1 is 1.30 bits per heavy atom. The van der Waals surface area contributed by atoms with E-state index in [2.05, 4.69) is 9.68 Å². The van der Waals surface area contributed by atoms with Gasteiger partial charge in [0.05, 0.1) is 5.69 Å². The van der Waals surface area contributed by atoms with Gasteiger partial charge in [-0.05, 0) is 43.0 Å². The van der Waals surface area contributed by atoms with E-state index in [0.717, 1.165) is 18.2 Å². The zero-order valence-electron chi connectivity index (χ0n) is 12.3. The molecule has 1 aliphatic rings. The quantitative estimate of drug-likeness (QED) is 0.837. The van der Waals surface area contributed by atoms with E-state index in [0.29, 0.717) is 25.1 Å². The highest BCUT2D eigenvalue weighted by Gasteiger charge is 2.35. The van der Waals surface area contributed by atoms with Crippen LogP contribution < -0.4 is 0 Å². The van der Waals surface area contributed by atoms with Crippen molar-refractivity contribution in [2.45, 2.75) is 31.1 Å². The minimum Gasteiger partial charge on any atom is -0.364 e. The first-order valence-corrected chi connectivity index (χ1v) is 8.89. The van der Waals surface area contributed by atoms with Gasteiger partial charge in [0.1, 0.15) is 23.7 Å². The van der Waals surface area contributed by atoms with Crippen LogP contribution in [0.4, 0.5) is 8.78 Å². The Morgan fingerprint density at radius 2 is 2.13 bits per heavy atom. The van der Waals surface area contributed by atoms with E-state index in [-0.39, 0.29) is 23.8 Å². The molecular weight excluding hydrogens is 326 g/mol. The number of halogens is 2. The van der Waals surface area contributed by atoms with Crippen molar-refractivity contribution < 1.29 is 21.7 Å². The average molecular weight is 342 g/mol. The van der Waals surface area contributed by atoms with Crippen LogP contribution in [0.3, 0.4) is 0 Å². The smallest absolute Gasteiger partial charge is 0.220 e. The maximum atomic E-state index is 13.8. The van der Waals surface area contributed by atoms with Gasteiger partial charge in [0.15, 0.2) is 0 Å². The van der Waals surface area contributed by atoms with E-state index in [1.165, 1.54) is 16.6 Å². The van der Waals surface area contributed by atoms with E-state index in [9.17, 15) is 17.2 Å². The molecule has 5 nitrogen and oxygen atoms in total. The van der Waals surface area contributed by atoms with Crippen LogP contribution >= 0.6 is 0 Å². The van der Waals surface area contributed by atoms with Gasteiger partial charge in [-0.25, -0.2) is 17.2 Å². The van der Waals surface area contributed by atoms with Crippen molar-refractivity contribution in [3.63, 3.8) is 0 Å². The Labute approximate surface area is 132 Å². The molecule has 0 radical (unpaired) electrons. The van der Waals surface area contributed by atoms with Crippen molar-refractivity contribution in [1.29, 1.82) is 0 Å². The SMILES string of the molecule is O=S(=O)(Cc1ccon1)N1CCCC1Cc1cc(F)ccc1F. The number of benzene rings is 1. The van der Waals surface area contributed by atoms with E-state index in [1.54, 1.807) is 0 Å². The van der Waals surface area contributed by atoms with Crippen LogP contribution in [0.25, 0.3) is 0 Å². The number of rotatable bonds is 5. The van der Waals surface area contributed by atoms with Gasteiger partial charge in [-0.3, -0.25) is 0 Å². The van der Waals surface area contributed by atoms with Crippen LogP contribution in [-0.2, 0) is 22.2 Å². The van der Waals surface area contributed by atoms with Crippen molar-refractivity contribution in [3.8, 4) is 0 Å². The Hall–Kier alpha value is -1.80. The Morgan fingerprint density at radius 3 is 2.87 bits per heavy atom. The van der Waals surface area contributed by atoms with E-state index < -0.39 is 21.7 Å². The van der Waals surface area contributed by atoms with Crippen LogP contribution in [0.1, 0.15) is 24.1 Å². The summed E-state index contributed by atoms with van der Waals surface area (Å²) in [6.07, 6.45) is 2.78. The topological polar surface area (TPSA) is 63.4 Å². The summed E-state index contributed by atoms with van der Waals surface area (Å²) < 4.78 is 58.2. The third-order valence-corrected chi connectivity index (χ3v) is 5.82. The highest BCUT2D eigenvalue weighted by molar-refractivity contribution is 7.88. The van der Waals surface area contributed by atoms with Crippen molar-refractivity contribution in [2.75, 3.05) is 6.54 Å². The lowest BCUT2D eigenvalue weighted by atomic mass is 10.0. The Bertz CT molecular complexity index is 778. The molecule has 0 spiro atoms. The molecular formula is C15H16F2N2O3S. The molecule has 124 valence electrons. The van der Waals surface area contributed by atoms with Crippen LogP contribution in [0.5, 0.6) is 0 Å². The van der Waals surface area contributed by atoms with Gasteiger partial charge in [-0.1, -0.05) is 5.16 Å². The summed E-state index contributed by atoms with van der Waals surface area (Å²) >= 11 is 0. The second-order valence-corrected chi connectivity index (χ2v) is 7.52. The normalized spacial score (nSPS) is 19.3. The van der Waals surface area contributed by atoms with Gasteiger partial charge in [-0.2, -0.15) is 4.31 Å². The van der Waals surface area contributed by atoms with Gasteiger partial charge >= 0.3 is 0 Å². The summed E-state index contributed by atoms with van der Waals surface area (Å²) in [6, 6.07) is 4.36. The predicted octanol–water partition coefficient (Wildman–Crippen LogP) is 2.49. The lowest BCUT2D eigenvalue weighted by molar-refractivity contribution is 0.378. The predicted molar refractivity (Wildman–Crippen MR) is 78.9 cm³/mol. The molecule has 23 heavy (non-hydrogen) atoms. The molecule has 1 aromatic heterocycles. The zero-order valence-corrected chi connectivity index (χ0v) is 13.1. The minimum atomic E-state index is -3.58. The van der Waals surface area contributed by atoms with Crippen molar-refractivity contribution in [3.05, 3.63) is 53.4 Å². The van der Waals surface area contributed by atoms with Crippen molar-refractivity contribution >= 4 is 10.0 Å². The van der Waals surface area contributed by atoms with Gasteiger partial charge in [0, 0.05) is 18.7 Å². The second kappa shape index (κ2) is 6.37. The standard InChI is InChI=1S/C15H16F2N2O3S/c16-12-3-4-15(17)11(8-12)9-14-2-1-6-19(14)23(20,21)10-13-5-7-22-18-13/h3-5,7-8,14H,1-2,6,9-10H2. The largest absolute Gasteiger partial charge is 0.364 e. The number of sulfonamides is 1. The first-order valence-electron chi connectivity index (χ1n) is 7.28. The lowest BCUT2D eigenvalue weighted by Crippen LogP contribution is -2.37. The number of hydrogen-bond acceptors (Lipinski definition) is 4. The maximum absolute atomic E-state index is 13.8. The number of nitrogens with zero attached hydrogens (tertiary/aromatic N) is 2. The van der Waals surface area contributed by atoms with Crippen molar-refractivity contribution in [2.24, 2.45) is 0 Å². The molecule has 1 aromatic carbocycles. The number of hydrogen-bond donors (Lipinski definition) is 0. The summed E-state index contributed by atoms with van der Waals surface area (Å²) in [5.41, 5.74) is 0.520. The van der Waals surface area contributed by atoms with Gasteiger partial charge in [-0.15, -0.1) is 0 Å². The molecule has 1 unspecified atom stereocenters. The fourth-order valence-electron chi connectivity index (χ4n) is 2.91. The molecule has 0 aliphatic carbocycles. The van der Waals surface area contributed by atoms with E-state index in [1.807, 2.05) is 0 Å². The van der Waals surface area contributed by atoms with Crippen LogP contribution in [0, 0.1) is 11.6 Å². The average Bonchev–Trinajstić information content (AvgIpc) is 3.14. The van der Waals surface area contributed by atoms with Crippen LogP contribution in [0.2, 0.25) is 0 Å². The Kier molecular flexibility index (Phi) is 4.45. The summed E-state index contributed by atoms with van der Waals surface area (Å²) in [7, 11) is -3.58. The monoisotopic (exact) mass is 342 g/mol. The summed E-state index contributed by atoms with van der Waals surface area (Å²) in [6.45, 7) is 0.377. The van der Waals surface area contributed by atoms with Gasteiger partial charge < -0.3 is 4.52 Å². The summed E-state index contributed by atoms with van der Waals surface area (Å²) in [4.78, 5) is 0. The maximum Gasteiger partial charge on any atom is 0.220 e. The summed E-state index contributed by atoms with van der Waals surface area (Å²) in [5, 5.41) is 3.62.